The Bertz CT molecular complexity index is 1140. The monoisotopic (exact) mass is 445 g/mol. The van der Waals surface area contributed by atoms with Gasteiger partial charge in [0.05, 0.1) is 18.0 Å². The molecule has 0 saturated heterocycles. The van der Waals surface area contributed by atoms with Gasteiger partial charge in [-0.2, -0.15) is 31.3 Å². The molecule has 0 spiro atoms. The number of aromatic nitrogens is 4. The van der Waals surface area contributed by atoms with Gasteiger partial charge in [-0.25, -0.2) is 9.50 Å². The second kappa shape index (κ2) is 7.82. The largest absolute Gasteiger partial charge is 0.453 e. The van der Waals surface area contributed by atoms with E-state index in [9.17, 15) is 31.1 Å². The van der Waals surface area contributed by atoms with Crippen molar-refractivity contribution in [3.8, 4) is 0 Å². The summed E-state index contributed by atoms with van der Waals surface area (Å²) in [7, 11) is 0. The molecule has 1 unspecified atom stereocenters. The summed E-state index contributed by atoms with van der Waals surface area (Å²) in [5.41, 5.74) is 0.329. The van der Waals surface area contributed by atoms with Crippen molar-refractivity contribution >= 4 is 11.7 Å². The molecule has 31 heavy (non-hydrogen) atoms. The first kappa shape index (κ1) is 22.5. The lowest BCUT2D eigenvalue weighted by Gasteiger charge is -2.17. The molecule has 0 fully saturated rings. The number of amides is 1. The fourth-order valence-electron chi connectivity index (χ4n) is 3.11. The fourth-order valence-corrected chi connectivity index (χ4v) is 3.11. The molecule has 6 nitrogen and oxygen atoms in total. The highest BCUT2D eigenvalue weighted by atomic mass is 19.4. The lowest BCUT2D eigenvalue weighted by molar-refractivity contribution is -0.144. The molecule has 166 valence electrons. The van der Waals surface area contributed by atoms with E-state index in [0.29, 0.717) is 11.3 Å². The number of rotatable bonds is 4. The summed E-state index contributed by atoms with van der Waals surface area (Å²) in [6.45, 7) is 4.53. The molecule has 0 aliphatic carbocycles. The van der Waals surface area contributed by atoms with E-state index in [1.807, 2.05) is 0 Å². The minimum Gasteiger partial charge on any atom is -0.349 e. The third kappa shape index (κ3) is 4.78. The Morgan fingerprint density at radius 2 is 1.77 bits per heavy atom. The normalized spacial score (nSPS) is 13.5. The van der Waals surface area contributed by atoms with E-state index < -0.39 is 35.7 Å². The Labute approximate surface area is 172 Å². The number of halogens is 6. The maximum absolute atomic E-state index is 12.9. The molecule has 1 amide bonds. The number of carbonyl (C=O) groups excluding carboxylic acids is 1. The molecule has 1 N–H and O–H groups in total. The summed E-state index contributed by atoms with van der Waals surface area (Å²) in [6, 6.07) is 3.85. The molecule has 3 aromatic rings. The van der Waals surface area contributed by atoms with E-state index in [1.54, 1.807) is 0 Å². The predicted molar refractivity (Wildman–Crippen MR) is 97.0 cm³/mol. The van der Waals surface area contributed by atoms with Crippen LogP contribution in [0.25, 0.3) is 5.78 Å². The molecule has 12 heteroatoms. The van der Waals surface area contributed by atoms with Gasteiger partial charge >= 0.3 is 12.4 Å². The number of hydrogen-bond donors (Lipinski definition) is 1. The van der Waals surface area contributed by atoms with Gasteiger partial charge in [-0.15, -0.1) is 5.10 Å². The molecule has 0 aliphatic rings. The first-order valence-electron chi connectivity index (χ1n) is 9.04. The van der Waals surface area contributed by atoms with Crippen molar-refractivity contribution in [3.63, 3.8) is 0 Å². The second-order valence-electron chi connectivity index (χ2n) is 7.00. The topological polar surface area (TPSA) is 72.2 Å². The number of nitrogens with one attached hydrogen (secondary N) is 1. The van der Waals surface area contributed by atoms with Gasteiger partial charge in [-0.1, -0.05) is 12.1 Å². The molecular formula is C19H17F6N5O. The first-order chi connectivity index (χ1) is 14.3. The summed E-state index contributed by atoms with van der Waals surface area (Å²) in [5.74, 6) is -2.13. The maximum atomic E-state index is 12.9. The van der Waals surface area contributed by atoms with Crippen molar-refractivity contribution < 1.29 is 31.1 Å². The van der Waals surface area contributed by atoms with Gasteiger partial charge in [0, 0.05) is 17.0 Å². The Hall–Kier alpha value is -3.18. The summed E-state index contributed by atoms with van der Waals surface area (Å²) in [5, 5.41) is 6.01. The standard InChI is InChI=1S/C19H17F6N5O/c1-9(12-5-4-6-13(7-12)18(20,21)22)26-15(31)8-14-10(2)27-17-28-16(19(23,24)25)29-30(17)11(14)3/h4-7,9H,8H2,1-3H3,(H,26,31). The molecule has 1 atom stereocenters. The Morgan fingerprint density at radius 1 is 1.10 bits per heavy atom. The van der Waals surface area contributed by atoms with E-state index in [1.165, 1.54) is 32.9 Å². The quantitative estimate of drug-likeness (QED) is 0.611. The summed E-state index contributed by atoms with van der Waals surface area (Å²) >= 11 is 0. The highest BCUT2D eigenvalue weighted by molar-refractivity contribution is 5.79. The molecule has 0 radical (unpaired) electrons. The number of nitrogens with zero attached hydrogens (tertiary/aromatic N) is 4. The second-order valence-corrected chi connectivity index (χ2v) is 7.00. The van der Waals surface area contributed by atoms with Crippen LogP contribution in [0.4, 0.5) is 26.3 Å². The zero-order valence-corrected chi connectivity index (χ0v) is 16.6. The van der Waals surface area contributed by atoms with Crippen LogP contribution in [0.3, 0.4) is 0 Å². The molecule has 2 heterocycles. The lowest BCUT2D eigenvalue weighted by Crippen LogP contribution is -2.29. The lowest BCUT2D eigenvalue weighted by atomic mass is 10.0. The van der Waals surface area contributed by atoms with E-state index >= 15 is 0 Å². The average Bonchev–Trinajstić information content (AvgIpc) is 3.09. The molecule has 1 aromatic carbocycles. The zero-order valence-electron chi connectivity index (χ0n) is 16.6. The summed E-state index contributed by atoms with van der Waals surface area (Å²) in [6.07, 6.45) is -9.50. The predicted octanol–water partition coefficient (Wildman–Crippen LogP) is 4.20. The van der Waals surface area contributed by atoms with Gasteiger partial charge in [-0.05, 0) is 38.5 Å². The van der Waals surface area contributed by atoms with Crippen LogP contribution in [0, 0.1) is 13.8 Å². The molecular weight excluding hydrogens is 428 g/mol. The minimum atomic E-state index is -4.74. The smallest absolute Gasteiger partial charge is 0.349 e. The summed E-state index contributed by atoms with van der Waals surface area (Å²) in [4.78, 5) is 19.8. The molecule has 2 aromatic heterocycles. The van der Waals surface area contributed by atoms with Crippen molar-refractivity contribution in [1.82, 2.24) is 24.9 Å². The van der Waals surface area contributed by atoms with Crippen molar-refractivity contribution in [2.24, 2.45) is 0 Å². The van der Waals surface area contributed by atoms with Crippen LogP contribution in [-0.2, 0) is 23.6 Å². The minimum absolute atomic E-state index is 0.245. The van der Waals surface area contributed by atoms with E-state index in [0.717, 1.165) is 16.6 Å². The van der Waals surface area contributed by atoms with Crippen molar-refractivity contribution in [1.29, 1.82) is 0 Å². The van der Waals surface area contributed by atoms with Gasteiger partial charge in [0.1, 0.15) is 0 Å². The van der Waals surface area contributed by atoms with Gasteiger partial charge in [0.2, 0.25) is 5.91 Å². The Balaban J connectivity index is 1.82. The van der Waals surface area contributed by atoms with Crippen LogP contribution in [-0.4, -0.2) is 25.5 Å². The van der Waals surface area contributed by atoms with Crippen LogP contribution in [0.5, 0.6) is 0 Å². The van der Waals surface area contributed by atoms with Crippen molar-refractivity contribution in [2.45, 2.75) is 45.6 Å². The number of fused-ring (bicyclic) bond motifs is 1. The van der Waals surface area contributed by atoms with E-state index in [2.05, 4.69) is 20.4 Å². The summed E-state index contributed by atoms with van der Waals surface area (Å²) < 4.78 is 78.2. The average molecular weight is 445 g/mol. The molecule has 0 aliphatic heterocycles. The van der Waals surface area contributed by atoms with Crippen LogP contribution in [0.15, 0.2) is 24.3 Å². The molecule has 0 bridgehead atoms. The van der Waals surface area contributed by atoms with Crippen LogP contribution >= 0.6 is 0 Å². The Kier molecular flexibility index (Phi) is 5.68. The third-order valence-corrected chi connectivity index (χ3v) is 4.73. The first-order valence-corrected chi connectivity index (χ1v) is 9.04. The SMILES string of the molecule is Cc1nc2nc(C(F)(F)F)nn2c(C)c1CC(=O)NC(C)c1cccc(C(F)(F)F)c1. The number of alkyl halides is 6. The van der Waals surface area contributed by atoms with Gasteiger partial charge in [-0.3, -0.25) is 4.79 Å². The Morgan fingerprint density at radius 3 is 2.39 bits per heavy atom. The molecule has 3 rings (SSSR count). The highest BCUT2D eigenvalue weighted by Crippen LogP contribution is 2.31. The van der Waals surface area contributed by atoms with E-state index in [-0.39, 0.29) is 23.5 Å². The van der Waals surface area contributed by atoms with E-state index in [4.69, 9.17) is 0 Å². The van der Waals surface area contributed by atoms with Crippen molar-refractivity contribution in [2.75, 3.05) is 0 Å². The van der Waals surface area contributed by atoms with Crippen LogP contribution in [0.2, 0.25) is 0 Å². The van der Waals surface area contributed by atoms with Gasteiger partial charge in [0.15, 0.2) is 0 Å². The number of aryl methyl sites for hydroxylation is 2. The van der Waals surface area contributed by atoms with Crippen LogP contribution < -0.4 is 5.32 Å². The van der Waals surface area contributed by atoms with Crippen LogP contribution in [0.1, 0.15) is 46.9 Å². The van der Waals surface area contributed by atoms with Crippen molar-refractivity contribution in [3.05, 3.63) is 58.2 Å². The maximum Gasteiger partial charge on any atom is 0.453 e. The number of carbonyl (C=O) groups is 1. The third-order valence-electron chi connectivity index (χ3n) is 4.73. The number of benzene rings is 1. The van der Waals surface area contributed by atoms with Gasteiger partial charge < -0.3 is 5.32 Å². The fraction of sp³-hybridized carbons (Fsp3) is 0.368. The molecule has 0 saturated carbocycles. The highest BCUT2D eigenvalue weighted by Gasteiger charge is 2.37. The number of hydrogen-bond acceptors (Lipinski definition) is 4. The van der Waals surface area contributed by atoms with Gasteiger partial charge in [0.25, 0.3) is 11.6 Å². The zero-order chi connectivity index (χ0) is 23.1.